The Labute approximate surface area is 169 Å². The van der Waals surface area contributed by atoms with Crippen LogP contribution in [0.5, 0.6) is 11.5 Å². The molecule has 0 fully saturated rings. The molecule has 0 bridgehead atoms. The van der Waals surface area contributed by atoms with Crippen LogP contribution in [0.1, 0.15) is 24.0 Å². The topological polar surface area (TPSA) is 140 Å². The van der Waals surface area contributed by atoms with Crippen LogP contribution in [0.3, 0.4) is 0 Å². The predicted molar refractivity (Wildman–Crippen MR) is 104 cm³/mol. The van der Waals surface area contributed by atoms with E-state index in [9.17, 15) is 20.4 Å². The molecular weight excluding hydrogens is 380 g/mol. The first kappa shape index (κ1) is 23.1. The van der Waals surface area contributed by atoms with Gasteiger partial charge in [0.2, 0.25) is 12.6 Å². The van der Waals surface area contributed by atoms with Gasteiger partial charge < -0.3 is 40.1 Å². The minimum absolute atomic E-state index is 0.186. The molecule has 5 unspecified atom stereocenters. The first-order valence-corrected chi connectivity index (χ1v) is 9.30. The standard InChI is InChI=1S/C21H28O8/c1-13(15-4-8-17(9-5-15)29-21(27)19(25)12-23)10-14-2-6-16(7-3-14)28-20(26)18(24)11-22/h2-9,13,18-27H,10-12H2,1H3. The number of aliphatic hydroxyl groups excluding tert-OH is 6. The van der Waals surface area contributed by atoms with Gasteiger partial charge in [-0.05, 0) is 47.7 Å². The normalized spacial score (nSPS) is 16.5. The lowest BCUT2D eigenvalue weighted by molar-refractivity contribution is -0.118. The maximum Gasteiger partial charge on any atom is 0.225 e. The lowest BCUT2D eigenvalue weighted by Gasteiger charge is -2.19. The molecular formula is C21H28O8. The van der Waals surface area contributed by atoms with Crippen LogP contribution >= 0.6 is 0 Å². The van der Waals surface area contributed by atoms with Crippen molar-refractivity contribution < 1.29 is 40.1 Å². The van der Waals surface area contributed by atoms with E-state index in [0.717, 1.165) is 17.5 Å². The molecule has 0 aliphatic rings. The van der Waals surface area contributed by atoms with E-state index in [2.05, 4.69) is 6.92 Å². The predicted octanol–water partition coefficient (Wildman–Crippen LogP) is 0.134. The summed E-state index contributed by atoms with van der Waals surface area (Å²) in [6.07, 6.45) is -4.99. The van der Waals surface area contributed by atoms with Gasteiger partial charge in [-0.1, -0.05) is 31.2 Å². The van der Waals surface area contributed by atoms with Gasteiger partial charge >= 0.3 is 0 Å². The number of aliphatic hydroxyl groups is 6. The minimum Gasteiger partial charge on any atom is -0.462 e. The summed E-state index contributed by atoms with van der Waals surface area (Å²) in [6.45, 7) is 0.870. The van der Waals surface area contributed by atoms with Crippen LogP contribution in [-0.2, 0) is 6.42 Å². The van der Waals surface area contributed by atoms with Crippen LogP contribution in [0.15, 0.2) is 48.5 Å². The van der Waals surface area contributed by atoms with Crippen molar-refractivity contribution in [1.82, 2.24) is 0 Å². The summed E-state index contributed by atoms with van der Waals surface area (Å²) in [5.74, 6) is 0.947. The summed E-state index contributed by atoms with van der Waals surface area (Å²) in [5.41, 5.74) is 2.10. The zero-order valence-corrected chi connectivity index (χ0v) is 16.1. The van der Waals surface area contributed by atoms with E-state index >= 15 is 0 Å². The van der Waals surface area contributed by atoms with Gasteiger partial charge in [0.1, 0.15) is 23.7 Å². The summed E-state index contributed by atoms with van der Waals surface area (Å²) in [6, 6.07) is 14.2. The van der Waals surface area contributed by atoms with Crippen molar-refractivity contribution in [3.8, 4) is 11.5 Å². The van der Waals surface area contributed by atoms with Crippen LogP contribution in [0.4, 0.5) is 0 Å². The average Bonchev–Trinajstić information content (AvgIpc) is 2.74. The van der Waals surface area contributed by atoms with Gasteiger partial charge in [-0.3, -0.25) is 0 Å². The molecule has 0 radical (unpaired) electrons. The zero-order valence-electron chi connectivity index (χ0n) is 16.1. The molecule has 2 aromatic rings. The Morgan fingerprint density at radius 3 is 1.52 bits per heavy atom. The molecule has 0 saturated carbocycles. The molecule has 8 nitrogen and oxygen atoms in total. The average molecular weight is 408 g/mol. The maximum atomic E-state index is 9.58. The molecule has 0 spiro atoms. The molecule has 0 amide bonds. The van der Waals surface area contributed by atoms with Crippen LogP contribution in [0.2, 0.25) is 0 Å². The molecule has 2 rings (SSSR count). The second kappa shape index (κ2) is 11.1. The van der Waals surface area contributed by atoms with Crippen molar-refractivity contribution >= 4 is 0 Å². The summed E-state index contributed by atoms with van der Waals surface area (Å²) < 4.78 is 10.3. The SMILES string of the molecule is CC(Cc1ccc(OC(O)C(O)CO)cc1)c1ccc(OC(O)C(O)CO)cc1. The molecule has 160 valence electrons. The summed E-state index contributed by atoms with van der Waals surface area (Å²) in [7, 11) is 0. The maximum absolute atomic E-state index is 9.58. The van der Waals surface area contributed by atoms with E-state index in [1.54, 1.807) is 24.3 Å². The van der Waals surface area contributed by atoms with Gasteiger partial charge in [-0.25, -0.2) is 0 Å². The monoisotopic (exact) mass is 408 g/mol. The van der Waals surface area contributed by atoms with Gasteiger partial charge in [0.25, 0.3) is 0 Å². The molecule has 0 aromatic heterocycles. The molecule has 0 heterocycles. The van der Waals surface area contributed by atoms with Crippen LogP contribution in [-0.4, -0.2) is 68.6 Å². The van der Waals surface area contributed by atoms with Gasteiger partial charge in [-0.2, -0.15) is 0 Å². The molecule has 0 aliphatic carbocycles. The molecule has 0 aliphatic heterocycles. The lowest BCUT2D eigenvalue weighted by Crippen LogP contribution is -2.34. The van der Waals surface area contributed by atoms with Crippen molar-refractivity contribution in [3.63, 3.8) is 0 Å². The highest BCUT2D eigenvalue weighted by Gasteiger charge is 2.18. The molecule has 2 aromatic carbocycles. The molecule has 6 N–H and O–H groups in total. The van der Waals surface area contributed by atoms with Gasteiger partial charge in [0, 0.05) is 0 Å². The van der Waals surface area contributed by atoms with Crippen molar-refractivity contribution in [2.75, 3.05) is 13.2 Å². The number of hydrogen-bond acceptors (Lipinski definition) is 8. The second-order valence-corrected chi connectivity index (χ2v) is 6.83. The van der Waals surface area contributed by atoms with E-state index in [1.807, 2.05) is 24.3 Å². The molecule has 0 saturated heterocycles. The molecule has 5 atom stereocenters. The zero-order chi connectivity index (χ0) is 21.4. The van der Waals surface area contributed by atoms with Crippen LogP contribution in [0, 0.1) is 0 Å². The largest absolute Gasteiger partial charge is 0.462 e. The van der Waals surface area contributed by atoms with E-state index in [4.69, 9.17) is 19.7 Å². The van der Waals surface area contributed by atoms with Crippen molar-refractivity contribution in [3.05, 3.63) is 59.7 Å². The third kappa shape index (κ3) is 6.97. The lowest BCUT2D eigenvalue weighted by atomic mass is 9.94. The van der Waals surface area contributed by atoms with E-state index < -0.39 is 38.0 Å². The Balaban J connectivity index is 1.91. The molecule has 29 heavy (non-hydrogen) atoms. The summed E-state index contributed by atoms with van der Waals surface area (Å²) in [5, 5.41) is 55.4. The highest BCUT2D eigenvalue weighted by atomic mass is 16.6. The van der Waals surface area contributed by atoms with Crippen LogP contribution < -0.4 is 9.47 Å². The summed E-state index contributed by atoms with van der Waals surface area (Å²) >= 11 is 0. The van der Waals surface area contributed by atoms with Crippen molar-refractivity contribution in [2.24, 2.45) is 0 Å². The number of rotatable bonds is 11. The van der Waals surface area contributed by atoms with Crippen molar-refractivity contribution in [1.29, 1.82) is 0 Å². The van der Waals surface area contributed by atoms with Crippen LogP contribution in [0.25, 0.3) is 0 Å². The van der Waals surface area contributed by atoms with E-state index in [-0.39, 0.29) is 5.92 Å². The minimum atomic E-state index is -1.50. The Bertz CT molecular complexity index is 718. The molecule has 8 heteroatoms. The fourth-order valence-corrected chi connectivity index (χ4v) is 2.67. The number of ether oxygens (including phenoxy) is 2. The summed E-state index contributed by atoms with van der Waals surface area (Å²) in [4.78, 5) is 0. The van der Waals surface area contributed by atoms with E-state index in [1.165, 1.54) is 0 Å². The highest BCUT2D eigenvalue weighted by Crippen LogP contribution is 2.24. The second-order valence-electron chi connectivity index (χ2n) is 6.83. The third-order valence-corrected chi connectivity index (χ3v) is 4.46. The van der Waals surface area contributed by atoms with Gasteiger partial charge in [-0.15, -0.1) is 0 Å². The quantitative estimate of drug-likeness (QED) is 0.289. The Hall–Kier alpha value is -2.20. The Morgan fingerprint density at radius 1 is 0.690 bits per heavy atom. The number of hydrogen-bond donors (Lipinski definition) is 6. The Morgan fingerprint density at radius 2 is 1.10 bits per heavy atom. The van der Waals surface area contributed by atoms with E-state index in [0.29, 0.717) is 11.5 Å². The fourth-order valence-electron chi connectivity index (χ4n) is 2.67. The van der Waals surface area contributed by atoms with Gasteiger partial charge in [0.15, 0.2) is 0 Å². The smallest absolute Gasteiger partial charge is 0.225 e. The Kier molecular flexibility index (Phi) is 8.84. The highest BCUT2D eigenvalue weighted by molar-refractivity contribution is 5.32. The third-order valence-electron chi connectivity index (χ3n) is 4.46. The first-order valence-electron chi connectivity index (χ1n) is 9.30. The van der Waals surface area contributed by atoms with Gasteiger partial charge in [0.05, 0.1) is 13.2 Å². The fraction of sp³-hybridized carbons (Fsp3) is 0.429. The first-order chi connectivity index (χ1) is 13.8. The van der Waals surface area contributed by atoms with Crippen molar-refractivity contribution in [2.45, 2.75) is 44.1 Å². The number of benzene rings is 2.